The maximum Gasteiger partial charge on any atom is 0.256 e. The van der Waals surface area contributed by atoms with Crippen LogP contribution in [-0.2, 0) is 4.79 Å². The Morgan fingerprint density at radius 2 is 1.93 bits per heavy atom. The molecular formula is C22H25FN4O2. The van der Waals surface area contributed by atoms with E-state index < -0.39 is 5.82 Å². The van der Waals surface area contributed by atoms with Crippen LogP contribution in [-0.4, -0.2) is 59.3 Å². The zero-order valence-corrected chi connectivity index (χ0v) is 16.9. The Balaban J connectivity index is 1.65. The molecule has 1 saturated heterocycles. The quantitative estimate of drug-likeness (QED) is 0.784. The fourth-order valence-electron chi connectivity index (χ4n) is 4.11. The molecule has 7 heteroatoms. The van der Waals surface area contributed by atoms with Crippen LogP contribution < -0.4 is 5.32 Å². The lowest BCUT2D eigenvalue weighted by Crippen LogP contribution is -2.48. The van der Waals surface area contributed by atoms with Crippen LogP contribution >= 0.6 is 0 Å². The number of aromatic amines is 1. The molecule has 2 N–H and O–H groups in total. The number of aromatic nitrogens is 1. The number of hydrogen-bond donors (Lipinski definition) is 2. The average molecular weight is 396 g/mol. The summed E-state index contributed by atoms with van der Waals surface area (Å²) >= 11 is 0. The van der Waals surface area contributed by atoms with Gasteiger partial charge in [-0.1, -0.05) is 6.92 Å². The summed E-state index contributed by atoms with van der Waals surface area (Å²) in [7, 11) is 0. The van der Waals surface area contributed by atoms with Crippen molar-refractivity contribution >= 4 is 29.2 Å². The Morgan fingerprint density at radius 1 is 1.21 bits per heavy atom. The van der Waals surface area contributed by atoms with Crippen LogP contribution in [0.2, 0.25) is 0 Å². The van der Waals surface area contributed by atoms with Gasteiger partial charge in [0.25, 0.3) is 11.8 Å². The second kappa shape index (κ2) is 7.48. The Kier molecular flexibility index (Phi) is 5.00. The lowest BCUT2D eigenvalue weighted by Gasteiger charge is -2.34. The predicted octanol–water partition coefficient (Wildman–Crippen LogP) is 3.04. The molecule has 1 aromatic carbocycles. The largest absolute Gasteiger partial charge is 0.358 e. The minimum Gasteiger partial charge on any atom is -0.358 e. The number of benzene rings is 1. The third kappa shape index (κ3) is 3.46. The molecule has 2 aromatic rings. The van der Waals surface area contributed by atoms with Gasteiger partial charge in [0, 0.05) is 48.8 Å². The molecule has 152 valence electrons. The van der Waals surface area contributed by atoms with Crippen molar-refractivity contribution in [2.45, 2.75) is 20.8 Å². The zero-order valence-electron chi connectivity index (χ0n) is 16.9. The van der Waals surface area contributed by atoms with Gasteiger partial charge in [-0.3, -0.25) is 9.59 Å². The van der Waals surface area contributed by atoms with Gasteiger partial charge in [-0.2, -0.15) is 0 Å². The van der Waals surface area contributed by atoms with Gasteiger partial charge in [-0.15, -0.1) is 0 Å². The summed E-state index contributed by atoms with van der Waals surface area (Å²) in [5, 5.41) is 2.75. The van der Waals surface area contributed by atoms with Gasteiger partial charge in [0.2, 0.25) is 0 Å². The SMILES string of the molecule is CCN1CCN(C(=O)c2c(C)[nH]c(/C=C3\C(=O)Nc4ccc(F)cc43)c2C)CC1. The first-order valence-electron chi connectivity index (χ1n) is 9.92. The van der Waals surface area contributed by atoms with E-state index in [0.29, 0.717) is 41.2 Å². The highest BCUT2D eigenvalue weighted by molar-refractivity contribution is 6.34. The van der Waals surface area contributed by atoms with Crippen molar-refractivity contribution in [1.82, 2.24) is 14.8 Å². The Hall–Kier alpha value is -2.93. The molecule has 0 radical (unpaired) electrons. The number of halogens is 1. The lowest BCUT2D eigenvalue weighted by atomic mass is 10.0. The summed E-state index contributed by atoms with van der Waals surface area (Å²) in [6.07, 6.45) is 1.70. The van der Waals surface area contributed by atoms with Crippen LogP contribution in [0.4, 0.5) is 10.1 Å². The second-order valence-corrected chi connectivity index (χ2v) is 7.59. The third-order valence-electron chi connectivity index (χ3n) is 5.85. The summed E-state index contributed by atoms with van der Waals surface area (Å²) in [6, 6.07) is 4.23. The maximum atomic E-state index is 13.7. The van der Waals surface area contributed by atoms with Gasteiger partial charge < -0.3 is 20.1 Å². The number of fused-ring (bicyclic) bond motifs is 1. The van der Waals surface area contributed by atoms with Crippen LogP contribution in [0.15, 0.2) is 18.2 Å². The molecule has 2 amide bonds. The van der Waals surface area contributed by atoms with Crippen LogP contribution in [0.1, 0.15) is 39.8 Å². The highest BCUT2D eigenvalue weighted by atomic mass is 19.1. The third-order valence-corrected chi connectivity index (χ3v) is 5.85. The zero-order chi connectivity index (χ0) is 20.7. The molecule has 0 saturated carbocycles. The van der Waals surface area contributed by atoms with Crippen LogP contribution in [0.5, 0.6) is 0 Å². The maximum absolute atomic E-state index is 13.7. The first kappa shape index (κ1) is 19.4. The second-order valence-electron chi connectivity index (χ2n) is 7.59. The van der Waals surface area contributed by atoms with E-state index in [0.717, 1.165) is 30.9 Å². The number of likely N-dealkylation sites (N-methyl/N-ethyl adjacent to an activating group) is 1. The number of anilines is 1. The summed E-state index contributed by atoms with van der Waals surface area (Å²) in [6.45, 7) is 10.0. The number of carbonyl (C=O) groups is 2. The highest BCUT2D eigenvalue weighted by Gasteiger charge is 2.28. The molecule has 0 bridgehead atoms. The first-order chi connectivity index (χ1) is 13.9. The van der Waals surface area contributed by atoms with Crippen molar-refractivity contribution < 1.29 is 14.0 Å². The van der Waals surface area contributed by atoms with Gasteiger partial charge >= 0.3 is 0 Å². The van der Waals surface area contributed by atoms with E-state index in [1.807, 2.05) is 18.7 Å². The van der Waals surface area contributed by atoms with E-state index in [4.69, 9.17) is 0 Å². The minimum atomic E-state index is -0.396. The lowest BCUT2D eigenvalue weighted by molar-refractivity contribution is -0.110. The molecule has 0 aliphatic carbocycles. The van der Waals surface area contributed by atoms with Gasteiger partial charge in [-0.05, 0) is 50.2 Å². The van der Waals surface area contributed by atoms with Crippen molar-refractivity contribution in [1.29, 1.82) is 0 Å². The molecule has 29 heavy (non-hydrogen) atoms. The summed E-state index contributed by atoms with van der Waals surface area (Å²) in [5.74, 6) is -0.660. The van der Waals surface area contributed by atoms with Crippen LogP contribution in [0, 0.1) is 19.7 Å². The van der Waals surface area contributed by atoms with E-state index >= 15 is 0 Å². The fourth-order valence-corrected chi connectivity index (χ4v) is 4.11. The monoisotopic (exact) mass is 396 g/mol. The van der Waals surface area contributed by atoms with Gasteiger partial charge in [0.05, 0.1) is 11.1 Å². The Labute approximate surface area is 169 Å². The summed E-state index contributed by atoms with van der Waals surface area (Å²) in [5.41, 5.74) is 4.43. The smallest absolute Gasteiger partial charge is 0.256 e. The molecule has 0 unspecified atom stereocenters. The van der Waals surface area contributed by atoms with Gasteiger partial charge in [0.15, 0.2) is 0 Å². The van der Waals surface area contributed by atoms with E-state index in [-0.39, 0.29) is 11.8 Å². The molecule has 3 heterocycles. The molecule has 1 aromatic heterocycles. The van der Waals surface area contributed by atoms with Crippen LogP contribution in [0.3, 0.4) is 0 Å². The normalized spacial score (nSPS) is 18.3. The molecule has 0 atom stereocenters. The molecule has 4 rings (SSSR count). The number of aryl methyl sites for hydroxylation is 1. The average Bonchev–Trinajstić information content (AvgIpc) is 3.17. The fraction of sp³-hybridized carbons (Fsp3) is 0.364. The number of amides is 2. The van der Waals surface area contributed by atoms with Crippen molar-refractivity contribution in [2.24, 2.45) is 0 Å². The van der Waals surface area contributed by atoms with E-state index in [1.54, 1.807) is 12.1 Å². The number of hydrogen-bond acceptors (Lipinski definition) is 3. The molecule has 2 aliphatic rings. The minimum absolute atomic E-state index is 0.0129. The van der Waals surface area contributed by atoms with Crippen molar-refractivity contribution in [2.75, 3.05) is 38.0 Å². The van der Waals surface area contributed by atoms with Crippen molar-refractivity contribution in [3.63, 3.8) is 0 Å². The molecule has 2 aliphatic heterocycles. The predicted molar refractivity (Wildman–Crippen MR) is 111 cm³/mol. The van der Waals surface area contributed by atoms with E-state index in [1.165, 1.54) is 12.1 Å². The molecular weight excluding hydrogens is 371 g/mol. The Bertz CT molecular complexity index is 1020. The number of nitrogens with zero attached hydrogens (tertiary/aromatic N) is 2. The first-order valence-corrected chi connectivity index (χ1v) is 9.92. The van der Waals surface area contributed by atoms with Gasteiger partial charge in [0.1, 0.15) is 5.82 Å². The number of H-pyrrole nitrogens is 1. The molecule has 6 nitrogen and oxygen atoms in total. The standard InChI is InChI=1S/C22H25FN4O2/c1-4-26-7-9-27(10-8-26)22(29)20-13(2)19(24-14(20)3)12-17-16-11-15(23)5-6-18(16)25-21(17)28/h5-6,11-12,24H,4,7-10H2,1-3H3,(H,25,28)/b17-12-. The number of nitrogens with one attached hydrogen (secondary N) is 2. The summed E-state index contributed by atoms with van der Waals surface area (Å²) < 4.78 is 13.7. The van der Waals surface area contributed by atoms with Crippen molar-refractivity contribution in [3.8, 4) is 0 Å². The van der Waals surface area contributed by atoms with E-state index in [2.05, 4.69) is 22.1 Å². The Morgan fingerprint density at radius 3 is 2.62 bits per heavy atom. The number of rotatable bonds is 3. The number of carbonyl (C=O) groups excluding carboxylic acids is 2. The molecule has 0 spiro atoms. The van der Waals surface area contributed by atoms with Crippen molar-refractivity contribution in [3.05, 3.63) is 52.1 Å². The summed E-state index contributed by atoms with van der Waals surface area (Å²) in [4.78, 5) is 33.0. The van der Waals surface area contributed by atoms with E-state index in [9.17, 15) is 14.0 Å². The molecule has 1 fully saturated rings. The van der Waals surface area contributed by atoms with Crippen LogP contribution in [0.25, 0.3) is 11.6 Å². The highest BCUT2D eigenvalue weighted by Crippen LogP contribution is 2.34. The topological polar surface area (TPSA) is 68.4 Å². The van der Waals surface area contributed by atoms with Gasteiger partial charge in [-0.25, -0.2) is 4.39 Å². The number of piperazine rings is 1.